The maximum Gasteiger partial charge on any atom is 0.109 e. The van der Waals surface area contributed by atoms with Crippen LogP contribution in [0, 0.1) is 0 Å². The van der Waals surface area contributed by atoms with Crippen LogP contribution in [0.4, 0.5) is 0 Å². The van der Waals surface area contributed by atoms with Crippen molar-refractivity contribution in [1.82, 2.24) is 14.9 Å². The van der Waals surface area contributed by atoms with Crippen molar-refractivity contribution in [3.8, 4) is 0 Å². The first-order chi connectivity index (χ1) is 9.33. The van der Waals surface area contributed by atoms with Crippen LogP contribution in [0.15, 0.2) is 24.3 Å². The second-order valence-electron chi connectivity index (χ2n) is 5.55. The summed E-state index contributed by atoms with van der Waals surface area (Å²) in [5.74, 6) is 1.24. The summed E-state index contributed by atoms with van der Waals surface area (Å²) in [6.07, 6.45) is 6.14. The molecule has 0 radical (unpaired) electrons. The van der Waals surface area contributed by atoms with E-state index in [1.807, 2.05) is 0 Å². The summed E-state index contributed by atoms with van der Waals surface area (Å²) in [4.78, 5) is 4.80. The number of fused-ring (bicyclic) bond motifs is 1. The smallest absolute Gasteiger partial charge is 0.109 e. The lowest BCUT2D eigenvalue weighted by Gasteiger charge is -2.31. The fourth-order valence-electron chi connectivity index (χ4n) is 3.41. The molecule has 2 unspecified atom stereocenters. The second kappa shape index (κ2) is 5.33. The molecular formula is C16H23N3. The molecule has 1 N–H and O–H groups in total. The lowest BCUT2D eigenvalue weighted by atomic mass is 9.90. The van der Waals surface area contributed by atoms with E-state index in [9.17, 15) is 0 Å². The van der Waals surface area contributed by atoms with E-state index in [0.29, 0.717) is 12.1 Å². The standard InChI is InChI=1S/C16H23N3/c1-3-16-18-14-9-4-5-10-15(14)19(16)13-8-6-7-12(11-13)17-2/h4-5,9-10,12-13,17H,3,6-8,11H2,1-2H3. The van der Waals surface area contributed by atoms with Crippen molar-refractivity contribution in [2.24, 2.45) is 0 Å². The van der Waals surface area contributed by atoms with Gasteiger partial charge in [-0.15, -0.1) is 0 Å². The van der Waals surface area contributed by atoms with Gasteiger partial charge in [-0.3, -0.25) is 0 Å². The summed E-state index contributed by atoms with van der Waals surface area (Å²) in [6.45, 7) is 2.20. The Morgan fingerprint density at radius 2 is 2.16 bits per heavy atom. The maximum absolute atomic E-state index is 4.80. The molecular weight excluding hydrogens is 234 g/mol. The second-order valence-corrected chi connectivity index (χ2v) is 5.55. The molecule has 1 heterocycles. The molecule has 1 aliphatic rings. The van der Waals surface area contributed by atoms with Crippen molar-refractivity contribution in [1.29, 1.82) is 0 Å². The third kappa shape index (κ3) is 2.27. The van der Waals surface area contributed by atoms with Crippen LogP contribution < -0.4 is 5.32 Å². The number of imidazole rings is 1. The van der Waals surface area contributed by atoms with E-state index in [-0.39, 0.29) is 0 Å². The van der Waals surface area contributed by atoms with Crippen LogP contribution in [0.5, 0.6) is 0 Å². The number of para-hydroxylation sites is 2. The largest absolute Gasteiger partial charge is 0.325 e. The highest BCUT2D eigenvalue weighted by Crippen LogP contribution is 2.32. The number of rotatable bonds is 3. The van der Waals surface area contributed by atoms with Crippen LogP contribution in [0.3, 0.4) is 0 Å². The zero-order valence-corrected chi connectivity index (χ0v) is 11.9. The van der Waals surface area contributed by atoms with Crippen LogP contribution in [0.25, 0.3) is 11.0 Å². The fraction of sp³-hybridized carbons (Fsp3) is 0.562. The van der Waals surface area contributed by atoms with Gasteiger partial charge in [0, 0.05) is 18.5 Å². The Hall–Kier alpha value is -1.35. The molecule has 0 amide bonds. The molecule has 19 heavy (non-hydrogen) atoms. The highest BCUT2D eigenvalue weighted by Gasteiger charge is 2.25. The third-order valence-corrected chi connectivity index (χ3v) is 4.41. The Labute approximate surface area is 115 Å². The van der Waals surface area contributed by atoms with Gasteiger partial charge in [-0.05, 0) is 44.9 Å². The summed E-state index contributed by atoms with van der Waals surface area (Å²) in [7, 11) is 2.08. The van der Waals surface area contributed by atoms with E-state index in [0.717, 1.165) is 11.9 Å². The molecule has 1 fully saturated rings. The highest BCUT2D eigenvalue weighted by molar-refractivity contribution is 5.76. The predicted octanol–water partition coefficient (Wildman–Crippen LogP) is 3.30. The van der Waals surface area contributed by atoms with Crippen LogP contribution >= 0.6 is 0 Å². The van der Waals surface area contributed by atoms with Crippen LogP contribution in [0.1, 0.15) is 44.5 Å². The molecule has 0 spiro atoms. The lowest BCUT2D eigenvalue weighted by molar-refractivity contribution is 0.295. The zero-order chi connectivity index (χ0) is 13.2. The van der Waals surface area contributed by atoms with E-state index >= 15 is 0 Å². The minimum Gasteiger partial charge on any atom is -0.325 e. The van der Waals surface area contributed by atoms with Crippen LogP contribution in [-0.2, 0) is 6.42 Å². The molecule has 1 aliphatic carbocycles. The molecule has 2 atom stereocenters. The molecule has 0 saturated heterocycles. The number of aryl methyl sites for hydroxylation is 1. The molecule has 1 aromatic heterocycles. The fourth-order valence-corrected chi connectivity index (χ4v) is 3.41. The highest BCUT2D eigenvalue weighted by atomic mass is 15.1. The zero-order valence-electron chi connectivity index (χ0n) is 11.9. The van der Waals surface area contributed by atoms with Gasteiger partial charge in [0.25, 0.3) is 0 Å². The van der Waals surface area contributed by atoms with Crippen molar-refractivity contribution < 1.29 is 0 Å². The van der Waals surface area contributed by atoms with E-state index in [2.05, 4.69) is 48.1 Å². The van der Waals surface area contributed by atoms with Gasteiger partial charge in [0.1, 0.15) is 5.82 Å². The first-order valence-electron chi connectivity index (χ1n) is 7.46. The molecule has 3 heteroatoms. The summed E-state index contributed by atoms with van der Waals surface area (Å²) >= 11 is 0. The number of nitrogens with zero attached hydrogens (tertiary/aromatic N) is 2. The van der Waals surface area contributed by atoms with Crippen molar-refractivity contribution in [3.63, 3.8) is 0 Å². The molecule has 102 valence electrons. The number of nitrogens with one attached hydrogen (secondary N) is 1. The van der Waals surface area contributed by atoms with Crippen molar-refractivity contribution >= 4 is 11.0 Å². The van der Waals surface area contributed by atoms with E-state index < -0.39 is 0 Å². The van der Waals surface area contributed by atoms with E-state index in [1.165, 1.54) is 37.0 Å². The lowest BCUT2D eigenvalue weighted by Crippen LogP contribution is -2.32. The normalized spacial score (nSPS) is 23.9. The van der Waals surface area contributed by atoms with E-state index in [1.54, 1.807) is 0 Å². The van der Waals surface area contributed by atoms with Gasteiger partial charge in [0.05, 0.1) is 11.0 Å². The molecule has 0 aliphatic heterocycles. The van der Waals surface area contributed by atoms with Crippen LogP contribution in [0.2, 0.25) is 0 Å². The van der Waals surface area contributed by atoms with Gasteiger partial charge in [0.15, 0.2) is 0 Å². The molecule has 1 saturated carbocycles. The number of benzene rings is 1. The Kier molecular flexibility index (Phi) is 3.56. The summed E-state index contributed by atoms with van der Waals surface area (Å²) < 4.78 is 2.50. The summed E-state index contributed by atoms with van der Waals surface area (Å²) in [5, 5.41) is 3.45. The van der Waals surface area contributed by atoms with Gasteiger partial charge in [0.2, 0.25) is 0 Å². The SMILES string of the molecule is CCc1nc2ccccc2n1C1CCCC(NC)C1. The topological polar surface area (TPSA) is 29.9 Å². The first kappa shape index (κ1) is 12.7. The molecule has 0 bridgehead atoms. The van der Waals surface area contributed by atoms with Crippen molar-refractivity contribution in [2.75, 3.05) is 7.05 Å². The third-order valence-electron chi connectivity index (χ3n) is 4.41. The van der Waals surface area contributed by atoms with Gasteiger partial charge in [-0.1, -0.05) is 19.1 Å². The Morgan fingerprint density at radius 1 is 1.32 bits per heavy atom. The molecule has 1 aromatic carbocycles. The molecule has 3 nitrogen and oxygen atoms in total. The van der Waals surface area contributed by atoms with Gasteiger partial charge in [-0.25, -0.2) is 4.98 Å². The Morgan fingerprint density at radius 3 is 2.95 bits per heavy atom. The summed E-state index contributed by atoms with van der Waals surface area (Å²) in [5.41, 5.74) is 2.45. The van der Waals surface area contributed by atoms with E-state index in [4.69, 9.17) is 4.98 Å². The average molecular weight is 257 g/mol. The van der Waals surface area contributed by atoms with Crippen LogP contribution in [-0.4, -0.2) is 22.6 Å². The molecule has 3 rings (SSSR count). The number of hydrogen-bond donors (Lipinski definition) is 1. The average Bonchev–Trinajstić information content (AvgIpc) is 2.85. The van der Waals surface area contributed by atoms with Crippen molar-refractivity contribution in [2.45, 2.75) is 51.1 Å². The van der Waals surface area contributed by atoms with Gasteiger partial charge in [-0.2, -0.15) is 0 Å². The minimum absolute atomic E-state index is 0.605. The number of hydrogen-bond acceptors (Lipinski definition) is 2. The maximum atomic E-state index is 4.80. The molecule has 2 aromatic rings. The Bertz CT molecular complexity index is 558. The van der Waals surface area contributed by atoms with Crippen molar-refractivity contribution in [3.05, 3.63) is 30.1 Å². The minimum atomic E-state index is 0.605. The summed E-state index contributed by atoms with van der Waals surface area (Å²) in [6, 6.07) is 9.81. The van der Waals surface area contributed by atoms with Gasteiger partial charge >= 0.3 is 0 Å². The quantitative estimate of drug-likeness (QED) is 0.914. The number of aromatic nitrogens is 2. The monoisotopic (exact) mass is 257 g/mol. The van der Waals surface area contributed by atoms with Gasteiger partial charge < -0.3 is 9.88 Å². The first-order valence-corrected chi connectivity index (χ1v) is 7.46. The predicted molar refractivity (Wildman–Crippen MR) is 79.5 cm³/mol. The Balaban J connectivity index is 2.02.